The molecule has 1 fully saturated rings. The molecule has 90 valence electrons. The van der Waals surface area contributed by atoms with Crippen LogP contribution < -0.4 is 16.2 Å². The topological polar surface area (TPSA) is 70.2 Å². The van der Waals surface area contributed by atoms with E-state index < -0.39 is 0 Å². The van der Waals surface area contributed by atoms with E-state index in [0.717, 1.165) is 13.0 Å². The van der Waals surface area contributed by atoms with E-state index in [4.69, 9.17) is 0 Å². The van der Waals surface area contributed by atoms with Crippen molar-refractivity contribution < 1.29 is 9.59 Å². The first-order chi connectivity index (χ1) is 8.16. The molecule has 3 N–H and O–H groups in total. The summed E-state index contributed by atoms with van der Waals surface area (Å²) in [6, 6.07) is 6.69. The molecule has 2 rings (SSSR count). The second-order valence-electron chi connectivity index (χ2n) is 4.04. The first-order valence-electron chi connectivity index (χ1n) is 5.57. The molecule has 1 atom stereocenters. The fourth-order valence-corrected chi connectivity index (χ4v) is 1.70. The maximum atomic E-state index is 11.8. The Balaban J connectivity index is 1.98. The second-order valence-corrected chi connectivity index (χ2v) is 4.04. The summed E-state index contributed by atoms with van der Waals surface area (Å²) >= 11 is 0. The maximum absolute atomic E-state index is 11.8. The van der Waals surface area contributed by atoms with Crippen LogP contribution in [0, 0.1) is 0 Å². The summed E-state index contributed by atoms with van der Waals surface area (Å²) in [5.41, 5.74) is 7.14. The van der Waals surface area contributed by atoms with Gasteiger partial charge in [0.05, 0.1) is 0 Å². The predicted octanol–water partition coefficient (Wildman–Crippen LogP) is 0.694. The van der Waals surface area contributed by atoms with Crippen LogP contribution in [0.2, 0.25) is 0 Å². The number of amides is 1. The van der Waals surface area contributed by atoms with E-state index in [-0.39, 0.29) is 17.7 Å². The third-order valence-electron chi connectivity index (χ3n) is 2.71. The molecule has 1 heterocycles. The van der Waals surface area contributed by atoms with Gasteiger partial charge in [-0.25, -0.2) is 5.43 Å². The number of hydrazine groups is 1. The Kier molecular flexibility index (Phi) is 3.51. The molecule has 0 spiro atoms. The molecule has 1 aliphatic heterocycles. The lowest BCUT2D eigenvalue weighted by Gasteiger charge is -2.10. The molecule has 0 saturated carbocycles. The lowest BCUT2D eigenvalue weighted by molar-refractivity contribution is -0.117. The van der Waals surface area contributed by atoms with Gasteiger partial charge in [-0.15, -0.1) is 0 Å². The zero-order chi connectivity index (χ0) is 12.3. The summed E-state index contributed by atoms with van der Waals surface area (Å²) in [7, 11) is 0. The number of benzene rings is 1. The number of carbonyl (C=O) groups is 2. The van der Waals surface area contributed by atoms with E-state index in [1.54, 1.807) is 24.3 Å². The number of anilines is 1. The summed E-state index contributed by atoms with van der Waals surface area (Å²) in [4.78, 5) is 22.8. The van der Waals surface area contributed by atoms with Crippen molar-refractivity contribution in [1.82, 2.24) is 10.9 Å². The summed E-state index contributed by atoms with van der Waals surface area (Å²) in [6.45, 7) is 2.31. The first-order valence-corrected chi connectivity index (χ1v) is 5.57. The molecule has 0 radical (unpaired) electrons. The number of carbonyl (C=O) groups excluding carboxylic acids is 2. The van der Waals surface area contributed by atoms with Gasteiger partial charge in [-0.2, -0.15) is 0 Å². The molecule has 5 nitrogen and oxygen atoms in total. The summed E-state index contributed by atoms with van der Waals surface area (Å²) in [6.07, 6.45) is 0.775. The van der Waals surface area contributed by atoms with Gasteiger partial charge in [0.1, 0.15) is 6.04 Å². The number of hydrogen-bond acceptors (Lipinski definition) is 4. The Bertz CT molecular complexity index is 422. The Hall–Kier alpha value is -1.72. The van der Waals surface area contributed by atoms with E-state index in [1.807, 2.05) is 0 Å². The Morgan fingerprint density at radius 2 is 2.00 bits per heavy atom. The third kappa shape index (κ3) is 2.89. The van der Waals surface area contributed by atoms with Crippen molar-refractivity contribution in [1.29, 1.82) is 0 Å². The molecule has 1 unspecified atom stereocenters. The smallest absolute Gasteiger partial charge is 0.242 e. The van der Waals surface area contributed by atoms with Gasteiger partial charge >= 0.3 is 0 Å². The zero-order valence-corrected chi connectivity index (χ0v) is 9.62. The fourth-order valence-electron chi connectivity index (χ4n) is 1.70. The zero-order valence-electron chi connectivity index (χ0n) is 9.62. The largest absolute Gasteiger partial charge is 0.325 e. The average molecular weight is 233 g/mol. The lowest BCUT2D eigenvalue weighted by atomic mass is 10.1. The number of ketones is 1. The highest BCUT2D eigenvalue weighted by molar-refractivity contribution is 5.97. The minimum Gasteiger partial charge on any atom is -0.325 e. The normalized spacial score (nSPS) is 19.0. The minimum absolute atomic E-state index is 0.0181. The highest BCUT2D eigenvalue weighted by Gasteiger charge is 2.21. The standard InChI is InChI=1S/C12H15N3O2/c1-8(16)9-2-4-10(5-3-9)14-12(17)11-6-7-13-15-11/h2-5,11,13,15H,6-7H2,1H3,(H,14,17). The number of rotatable bonds is 3. The van der Waals surface area contributed by atoms with Crippen molar-refractivity contribution in [3.63, 3.8) is 0 Å². The summed E-state index contributed by atoms with van der Waals surface area (Å²) in [5, 5.41) is 2.80. The van der Waals surface area contributed by atoms with Gasteiger partial charge in [0.25, 0.3) is 0 Å². The van der Waals surface area contributed by atoms with Crippen molar-refractivity contribution in [3.05, 3.63) is 29.8 Å². The van der Waals surface area contributed by atoms with Crippen LogP contribution in [0.3, 0.4) is 0 Å². The molecule has 17 heavy (non-hydrogen) atoms. The van der Waals surface area contributed by atoms with E-state index in [0.29, 0.717) is 11.3 Å². The van der Waals surface area contributed by atoms with Crippen molar-refractivity contribution in [2.75, 3.05) is 11.9 Å². The predicted molar refractivity (Wildman–Crippen MR) is 64.6 cm³/mol. The van der Waals surface area contributed by atoms with Gasteiger partial charge in [0, 0.05) is 17.8 Å². The molecule has 1 aromatic carbocycles. The van der Waals surface area contributed by atoms with Crippen molar-refractivity contribution >= 4 is 17.4 Å². The molecule has 5 heteroatoms. The molecule has 1 amide bonds. The fraction of sp³-hybridized carbons (Fsp3) is 0.333. The highest BCUT2D eigenvalue weighted by atomic mass is 16.2. The molecule has 0 aromatic heterocycles. The highest BCUT2D eigenvalue weighted by Crippen LogP contribution is 2.11. The van der Waals surface area contributed by atoms with Gasteiger partial charge in [0.15, 0.2) is 5.78 Å². The quantitative estimate of drug-likeness (QED) is 0.672. The average Bonchev–Trinajstić information content (AvgIpc) is 2.83. The van der Waals surface area contributed by atoms with Gasteiger partial charge in [0.2, 0.25) is 5.91 Å². The number of Topliss-reactive ketones (excluding diaryl/α,β-unsaturated/α-hetero) is 1. The Morgan fingerprint density at radius 1 is 1.29 bits per heavy atom. The first kappa shape index (κ1) is 11.8. The molecule has 1 aromatic rings. The Morgan fingerprint density at radius 3 is 2.53 bits per heavy atom. The van der Waals surface area contributed by atoms with Crippen LogP contribution in [-0.4, -0.2) is 24.3 Å². The Labute approximate surface area is 99.6 Å². The van der Waals surface area contributed by atoms with Crippen LogP contribution in [0.15, 0.2) is 24.3 Å². The SMILES string of the molecule is CC(=O)c1ccc(NC(=O)C2CCNN2)cc1. The molecule has 0 bridgehead atoms. The van der Waals surface area contributed by atoms with Crippen LogP contribution in [0.1, 0.15) is 23.7 Å². The maximum Gasteiger partial charge on any atom is 0.242 e. The van der Waals surface area contributed by atoms with Gasteiger partial charge in [-0.3, -0.25) is 15.0 Å². The van der Waals surface area contributed by atoms with Crippen LogP contribution >= 0.6 is 0 Å². The lowest BCUT2D eigenvalue weighted by Crippen LogP contribution is -2.39. The van der Waals surface area contributed by atoms with Crippen molar-refractivity contribution in [2.45, 2.75) is 19.4 Å². The van der Waals surface area contributed by atoms with Crippen LogP contribution in [0.4, 0.5) is 5.69 Å². The van der Waals surface area contributed by atoms with Gasteiger partial charge < -0.3 is 5.32 Å². The monoisotopic (exact) mass is 233 g/mol. The van der Waals surface area contributed by atoms with Gasteiger partial charge in [-0.05, 0) is 37.6 Å². The molecular weight excluding hydrogens is 218 g/mol. The third-order valence-corrected chi connectivity index (χ3v) is 2.71. The molecule has 0 aliphatic carbocycles. The second kappa shape index (κ2) is 5.07. The van der Waals surface area contributed by atoms with Gasteiger partial charge in [-0.1, -0.05) is 0 Å². The molecule has 1 saturated heterocycles. The minimum atomic E-state index is -0.192. The van der Waals surface area contributed by atoms with E-state index >= 15 is 0 Å². The van der Waals surface area contributed by atoms with Crippen LogP contribution in [0.5, 0.6) is 0 Å². The summed E-state index contributed by atoms with van der Waals surface area (Å²) in [5.74, 6) is -0.0462. The van der Waals surface area contributed by atoms with Crippen LogP contribution in [-0.2, 0) is 4.79 Å². The number of hydrogen-bond donors (Lipinski definition) is 3. The molecule has 1 aliphatic rings. The van der Waals surface area contributed by atoms with Crippen molar-refractivity contribution in [2.24, 2.45) is 0 Å². The van der Waals surface area contributed by atoms with E-state index in [9.17, 15) is 9.59 Å². The van der Waals surface area contributed by atoms with Crippen molar-refractivity contribution in [3.8, 4) is 0 Å². The molecular formula is C12H15N3O2. The van der Waals surface area contributed by atoms with Crippen LogP contribution in [0.25, 0.3) is 0 Å². The summed E-state index contributed by atoms with van der Waals surface area (Å²) < 4.78 is 0. The number of nitrogens with one attached hydrogen (secondary N) is 3. The van der Waals surface area contributed by atoms with E-state index in [2.05, 4.69) is 16.2 Å². The van der Waals surface area contributed by atoms with E-state index in [1.165, 1.54) is 6.92 Å².